The second-order valence-electron chi connectivity index (χ2n) is 3.25. The highest BCUT2D eigenvalue weighted by atomic mass is 35.5. The minimum atomic E-state index is -0.736. The van der Waals surface area contributed by atoms with Crippen molar-refractivity contribution in [3.63, 3.8) is 0 Å². The summed E-state index contributed by atoms with van der Waals surface area (Å²) in [6.07, 6.45) is 1.37. The quantitative estimate of drug-likeness (QED) is 0.863. The van der Waals surface area contributed by atoms with Gasteiger partial charge in [-0.2, -0.15) is 0 Å². The third-order valence-electron chi connectivity index (χ3n) is 2.04. The Balaban J connectivity index is 2.28. The summed E-state index contributed by atoms with van der Waals surface area (Å²) in [5.74, 6) is -1.48. The predicted octanol–water partition coefficient (Wildman–Crippen LogP) is 3.17. The van der Waals surface area contributed by atoms with E-state index >= 15 is 0 Å². The van der Waals surface area contributed by atoms with Gasteiger partial charge in [-0.05, 0) is 18.2 Å². The van der Waals surface area contributed by atoms with E-state index in [4.69, 9.17) is 23.2 Å². The van der Waals surface area contributed by atoms with E-state index in [9.17, 15) is 9.18 Å². The van der Waals surface area contributed by atoms with Crippen LogP contribution >= 0.6 is 23.2 Å². The molecule has 0 radical (unpaired) electrons. The smallest absolute Gasteiger partial charge is 0.262 e. The van der Waals surface area contributed by atoms with Crippen molar-refractivity contribution >= 4 is 35.1 Å². The van der Waals surface area contributed by atoms with E-state index in [0.29, 0.717) is 0 Å². The van der Waals surface area contributed by atoms with Crippen molar-refractivity contribution in [2.75, 3.05) is 5.32 Å². The van der Waals surface area contributed by atoms with Gasteiger partial charge in [-0.1, -0.05) is 29.3 Å². The topological polar surface area (TPSA) is 54.9 Å². The number of halogens is 3. The van der Waals surface area contributed by atoms with Gasteiger partial charge in [0.2, 0.25) is 5.95 Å². The Morgan fingerprint density at radius 2 is 2.06 bits per heavy atom. The molecule has 1 heterocycles. The molecule has 1 amide bonds. The molecule has 0 spiro atoms. The van der Waals surface area contributed by atoms with Crippen LogP contribution in [-0.4, -0.2) is 15.9 Å². The number of carbonyl (C=O) groups excluding carboxylic acids is 1. The number of nitrogens with zero attached hydrogens (tertiary/aromatic N) is 2. The molecule has 0 fully saturated rings. The van der Waals surface area contributed by atoms with Crippen LogP contribution in [0.1, 0.15) is 10.4 Å². The Bertz CT molecular complexity index is 586. The normalized spacial score (nSPS) is 10.2. The van der Waals surface area contributed by atoms with E-state index in [-0.39, 0.29) is 21.7 Å². The Labute approximate surface area is 112 Å². The third kappa shape index (κ3) is 2.75. The Morgan fingerprint density at radius 1 is 1.28 bits per heavy atom. The number of anilines is 1. The SMILES string of the molecule is O=C(Nc1nccc(Cl)n1)c1c(F)cccc1Cl. The fraction of sp³-hybridized carbons (Fsp3) is 0. The van der Waals surface area contributed by atoms with Gasteiger partial charge in [0, 0.05) is 6.20 Å². The van der Waals surface area contributed by atoms with Crippen LogP contribution in [-0.2, 0) is 0 Å². The lowest BCUT2D eigenvalue weighted by molar-refractivity contribution is 0.102. The number of hydrogen-bond acceptors (Lipinski definition) is 3. The zero-order valence-corrected chi connectivity index (χ0v) is 10.3. The Morgan fingerprint density at radius 3 is 2.72 bits per heavy atom. The highest BCUT2D eigenvalue weighted by Crippen LogP contribution is 2.19. The van der Waals surface area contributed by atoms with Gasteiger partial charge < -0.3 is 0 Å². The molecule has 92 valence electrons. The monoisotopic (exact) mass is 285 g/mol. The fourth-order valence-electron chi connectivity index (χ4n) is 1.28. The number of nitrogens with one attached hydrogen (secondary N) is 1. The molecule has 0 aliphatic heterocycles. The second-order valence-corrected chi connectivity index (χ2v) is 4.05. The van der Waals surface area contributed by atoms with Crippen molar-refractivity contribution in [3.8, 4) is 0 Å². The van der Waals surface area contributed by atoms with E-state index < -0.39 is 11.7 Å². The first kappa shape index (κ1) is 12.7. The van der Waals surface area contributed by atoms with Crippen molar-refractivity contribution in [1.82, 2.24) is 9.97 Å². The minimum absolute atomic E-state index is 0.00882. The van der Waals surface area contributed by atoms with Crippen LogP contribution in [0.15, 0.2) is 30.5 Å². The van der Waals surface area contributed by atoms with Gasteiger partial charge in [0.25, 0.3) is 5.91 Å². The van der Waals surface area contributed by atoms with Gasteiger partial charge in [-0.25, -0.2) is 14.4 Å². The molecule has 0 atom stereocenters. The Kier molecular flexibility index (Phi) is 3.74. The first-order valence-corrected chi connectivity index (χ1v) is 5.57. The number of amides is 1. The van der Waals surface area contributed by atoms with Crippen LogP contribution in [0.25, 0.3) is 0 Å². The standard InChI is InChI=1S/C11H6Cl2FN3O/c12-6-2-1-3-7(14)9(6)10(18)17-11-15-5-4-8(13)16-11/h1-5H,(H,15,16,17,18). The third-order valence-corrected chi connectivity index (χ3v) is 2.56. The molecule has 0 aliphatic carbocycles. The molecule has 0 saturated heterocycles. The van der Waals surface area contributed by atoms with Crippen molar-refractivity contribution in [2.24, 2.45) is 0 Å². The highest BCUT2D eigenvalue weighted by Gasteiger charge is 2.16. The molecule has 0 bridgehead atoms. The van der Waals surface area contributed by atoms with Crippen LogP contribution in [0.3, 0.4) is 0 Å². The number of carbonyl (C=O) groups is 1. The lowest BCUT2D eigenvalue weighted by Gasteiger charge is -2.06. The number of benzene rings is 1. The first-order chi connectivity index (χ1) is 8.58. The highest BCUT2D eigenvalue weighted by molar-refractivity contribution is 6.34. The number of aromatic nitrogens is 2. The molecular formula is C11H6Cl2FN3O. The van der Waals surface area contributed by atoms with Gasteiger partial charge in [0.05, 0.1) is 10.6 Å². The fourth-order valence-corrected chi connectivity index (χ4v) is 1.66. The van der Waals surface area contributed by atoms with Crippen LogP contribution in [0, 0.1) is 5.82 Å². The zero-order chi connectivity index (χ0) is 13.1. The average molecular weight is 286 g/mol. The summed E-state index contributed by atoms with van der Waals surface area (Å²) in [5.41, 5.74) is -0.261. The maximum absolute atomic E-state index is 13.5. The summed E-state index contributed by atoms with van der Waals surface area (Å²) in [4.78, 5) is 19.3. The van der Waals surface area contributed by atoms with Crippen molar-refractivity contribution < 1.29 is 9.18 Å². The van der Waals surface area contributed by atoms with Gasteiger partial charge in [0.1, 0.15) is 11.0 Å². The van der Waals surface area contributed by atoms with Crippen molar-refractivity contribution in [3.05, 3.63) is 52.0 Å². The van der Waals surface area contributed by atoms with Gasteiger partial charge in [-0.15, -0.1) is 0 Å². The zero-order valence-electron chi connectivity index (χ0n) is 8.82. The minimum Gasteiger partial charge on any atom is -0.290 e. The molecule has 0 saturated carbocycles. The lowest BCUT2D eigenvalue weighted by Crippen LogP contribution is -2.16. The second kappa shape index (κ2) is 5.29. The summed E-state index contributed by atoms with van der Waals surface area (Å²) in [7, 11) is 0. The summed E-state index contributed by atoms with van der Waals surface area (Å²) < 4.78 is 13.5. The maximum Gasteiger partial charge on any atom is 0.262 e. The molecule has 7 heteroatoms. The maximum atomic E-state index is 13.5. The average Bonchev–Trinajstić information content (AvgIpc) is 2.28. The van der Waals surface area contributed by atoms with Crippen molar-refractivity contribution in [2.45, 2.75) is 0 Å². The van der Waals surface area contributed by atoms with Crippen LogP contribution in [0.5, 0.6) is 0 Å². The summed E-state index contributed by atoms with van der Waals surface area (Å²) in [6, 6.07) is 5.41. The van der Waals surface area contributed by atoms with Crippen LogP contribution < -0.4 is 5.32 Å². The molecule has 1 aromatic carbocycles. The molecule has 4 nitrogen and oxygen atoms in total. The Hall–Kier alpha value is -1.72. The lowest BCUT2D eigenvalue weighted by atomic mass is 10.2. The van der Waals surface area contributed by atoms with E-state index in [0.717, 1.165) is 6.07 Å². The molecular weight excluding hydrogens is 280 g/mol. The van der Waals surface area contributed by atoms with Crippen molar-refractivity contribution in [1.29, 1.82) is 0 Å². The summed E-state index contributed by atoms with van der Waals surface area (Å²) in [5, 5.41) is 2.49. The molecule has 2 aromatic rings. The summed E-state index contributed by atoms with van der Waals surface area (Å²) in [6.45, 7) is 0. The molecule has 1 aromatic heterocycles. The van der Waals surface area contributed by atoms with Crippen LogP contribution in [0.2, 0.25) is 10.2 Å². The van der Waals surface area contributed by atoms with E-state index in [2.05, 4.69) is 15.3 Å². The van der Waals surface area contributed by atoms with E-state index in [1.165, 1.54) is 24.4 Å². The number of hydrogen-bond donors (Lipinski definition) is 1. The van der Waals surface area contributed by atoms with Crippen LogP contribution in [0.4, 0.5) is 10.3 Å². The molecule has 0 unspecified atom stereocenters. The number of rotatable bonds is 2. The van der Waals surface area contributed by atoms with E-state index in [1.54, 1.807) is 0 Å². The van der Waals surface area contributed by atoms with E-state index in [1.807, 2.05) is 0 Å². The predicted molar refractivity (Wildman–Crippen MR) is 66.4 cm³/mol. The molecule has 2 rings (SSSR count). The first-order valence-electron chi connectivity index (χ1n) is 4.82. The van der Waals surface area contributed by atoms with Gasteiger partial charge >= 0.3 is 0 Å². The molecule has 1 N–H and O–H groups in total. The largest absolute Gasteiger partial charge is 0.290 e. The summed E-state index contributed by atoms with van der Waals surface area (Å²) >= 11 is 11.4. The van der Waals surface area contributed by atoms with Gasteiger partial charge in [-0.3, -0.25) is 10.1 Å². The van der Waals surface area contributed by atoms with Gasteiger partial charge in [0.15, 0.2) is 0 Å². The molecule has 18 heavy (non-hydrogen) atoms. The molecule has 0 aliphatic rings.